The Morgan fingerprint density at radius 2 is 2.07 bits per heavy atom. The number of carbonyl (C=O) groups excluding carboxylic acids is 1. The first-order chi connectivity index (χ1) is 6.67. The average molecular weight is 194 g/mol. The molecule has 0 amide bonds. The Balaban J connectivity index is 2.99. The van der Waals surface area contributed by atoms with Gasteiger partial charge in [0.15, 0.2) is 6.29 Å². The van der Waals surface area contributed by atoms with E-state index >= 15 is 0 Å². The molecule has 0 aliphatic heterocycles. The summed E-state index contributed by atoms with van der Waals surface area (Å²) in [5.41, 5.74) is 0.512. The van der Waals surface area contributed by atoms with E-state index in [4.69, 9.17) is 9.47 Å². The minimum Gasteiger partial charge on any atom is -0.497 e. The number of hydrogen-bond acceptors (Lipinski definition) is 3. The van der Waals surface area contributed by atoms with Crippen molar-refractivity contribution in [3.8, 4) is 11.5 Å². The van der Waals surface area contributed by atoms with Crippen LogP contribution in [0, 0.1) is 0 Å². The molecule has 0 aliphatic rings. The largest absolute Gasteiger partial charge is 0.497 e. The van der Waals surface area contributed by atoms with Crippen molar-refractivity contribution in [3.63, 3.8) is 0 Å². The van der Waals surface area contributed by atoms with Crippen LogP contribution in [0.2, 0.25) is 0 Å². The summed E-state index contributed by atoms with van der Waals surface area (Å²) in [6.07, 6.45) is 0.822. The van der Waals surface area contributed by atoms with E-state index in [1.165, 1.54) is 0 Å². The van der Waals surface area contributed by atoms with Gasteiger partial charge in [0, 0.05) is 0 Å². The lowest BCUT2D eigenvalue weighted by molar-refractivity contribution is 0.111. The number of benzene rings is 1. The molecule has 14 heavy (non-hydrogen) atoms. The van der Waals surface area contributed by atoms with Crippen LogP contribution in [-0.4, -0.2) is 19.5 Å². The van der Waals surface area contributed by atoms with Crippen LogP contribution in [0.4, 0.5) is 0 Å². The van der Waals surface area contributed by atoms with Crippen molar-refractivity contribution in [2.45, 2.75) is 20.0 Å². The highest BCUT2D eigenvalue weighted by atomic mass is 16.5. The van der Waals surface area contributed by atoms with E-state index in [0.717, 1.165) is 6.29 Å². The quantitative estimate of drug-likeness (QED) is 0.690. The third kappa shape index (κ3) is 2.49. The van der Waals surface area contributed by atoms with Crippen LogP contribution in [0.15, 0.2) is 18.2 Å². The fourth-order valence-corrected chi connectivity index (χ4v) is 1.11. The predicted molar refractivity (Wildman–Crippen MR) is 54.1 cm³/mol. The fraction of sp³-hybridized carbons (Fsp3) is 0.364. The average Bonchev–Trinajstić information content (AvgIpc) is 2.17. The Kier molecular flexibility index (Phi) is 3.51. The monoisotopic (exact) mass is 194 g/mol. The zero-order chi connectivity index (χ0) is 10.6. The first kappa shape index (κ1) is 10.6. The van der Waals surface area contributed by atoms with Crippen molar-refractivity contribution in [1.82, 2.24) is 0 Å². The van der Waals surface area contributed by atoms with Crippen LogP contribution in [0.25, 0.3) is 0 Å². The van der Waals surface area contributed by atoms with E-state index in [1.54, 1.807) is 25.3 Å². The minimum atomic E-state index is 0.0575. The van der Waals surface area contributed by atoms with Gasteiger partial charge < -0.3 is 9.47 Å². The summed E-state index contributed by atoms with van der Waals surface area (Å²) < 4.78 is 10.5. The van der Waals surface area contributed by atoms with E-state index in [9.17, 15) is 4.79 Å². The summed E-state index contributed by atoms with van der Waals surface area (Å²) in [4.78, 5) is 10.7. The third-order valence-corrected chi connectivity index (χ3v) is 1.71. The van der Waals surface area contributed by atoms with Crippen LogP contribution >= 0.6 is 0 Å². The van der Waals surface area contributed by atoms with E-state index < -0.39 is 0 Å². The molecule has 1 aromatic rings. The zero-order valence-corrected chi connectivity index (χ0v) is 8.61. The van der Waals surface area contributed by atoms with Gasteiger partial charge in [-0.2, -0.15) is 0 Å². The first-order valence-electron chi connectivity index (χ1n) is 4.47. The highest BCUT2D eigenvalue weighted by Gasteiger charge is 2.06. The summed E-state index contributed by atoms with van der Waals surface area (Å²) in [6, 6.07) is 5.16. The molecule has 0 bridgehead atoms. The molecule has 1 aromatic carbocycles. The third-order valence-electron chi connectivity index (χ3n) is 1.71. The highest BCUT2D eigenvalue weighted by Crippen LogP contribution is 2.23. The Hall–Kier alpha value is -1.51. The molecule has 0 aliphatic carbocycles. The molecule has 0 unspecified atom stereocenters. The van der Waals surface area contributed by atoms with Crippen molar-refractivity contribution in [2.24, 2.45) is 0 Å². The molecular formula is C11H14O3. The van der Waals surface area contributed by atoms with Gasteiger partial charge in [0.2, 0.25) is 0 Å². The van der Waals surface area contributed by atoms with Gasteiger partial charge in [-0.25, -0.2) is 0 Å². The lowest BCUT2D eigenvalue weighted by Gasteiger charge is -2.12. The second kappa shape index (κ2) is 4.65. The molecule has 0 saturated carbocycles. The molecular weight excluding hydrogens is 180 g/mol. The van der Waals surface area contributed by atoms with Gasteiger partial charge in [0.05, 0.1) is 18.8 Å². The second-order valence-corrected chi connectivity index (χ2v) is 3.19. The summed E-state index contributed by atoms with van der Waals surface area (Å²) in [6.45, 7) is 3.83. The van der Waals surface area contributed by atoms with E-state index in [-0.39, 0.29) is 6.10 Å². The smallest absolute Gasteiger partial charge is 0.153 e. The van der Waals surface area contributed by atoms with Crippen LogP contribution in [0.1, 0.15) is 24.2 Å². The van der Waals surface area contributed by atoms with Crippen molar-refractivity contribution in [1.29, 1.82) is 0 Å². The number of ether oxygens (including phenoxy) is 2. The molecule has 0 radical (unpaired) electrons. The van der Waals surface area contributed by atoms with Gasteiger partial charge in [-0.15, -0.1) is 0 Å². The molecule has 0 N–H and O–H groups in total. The van der Waals surface area contributed by atoms with Gasteiger partial charge >= 0.3 is 0 Å². The Bertz CT molecular complexity index is 318. The second-order valence-electron chi connectivity index (χ2n) is 3.19. The molecule has 1 rings (SSSR count). The van der Waals surface area contributed by atoms with E-state index in [1.807, 2.05) is 13.8 Å². The molecule has 0 aromatic heterocycles. The molecule has 0 fully saturated rings. The van der Waals surface area contributed by atoms with E-state index in [0.29, 0.717) is 17.1 Å². The molecule has 3 nitrogen and oxygen atoms in total. The molecule has 0 spiro atoms. The topological polar surface area (TPSA) is 35.5 Å². The summed E-state index contributed by atoms with van der Waals surface area (Å²) in [7, 11) is 1.56. The summed E-state index contributed by atoms with van der Waals surface area (Å²) in [5.74, 6) is 1.25. The maximum absolute atomic E-state index is 10.7. The molecule has 0 atom stereocenters. The van der Waals surface area contributed by atoms with Gasteiger partial charge in [-0.3, -0.25) is 4.79 Å². The number of rotatable bonds is 4. The van der Waals surface area contributed by atoms with Crippen LogP contribution in [0.3, 0.4) is 0 Å². The van der Waals surface area contributed by atoms with Crippen LogP contribution in [-0.2, 0) is 0 Å². The van der Waals surface area contributed by atoms with Crippen molar-refractivity contribution < 1.29 is 14.3 Å². The lowest BCUT2D eigenvalue weighted by atomic mass is 10.2. The Morgan fingerprint density at radius 1 is 1.36 bits per heavy atom. The van der Waals surface area contributed by atoms with Crippen molar-refractivity contribution >= 4 is 6.29 Å². The van der Waals surface area contributed by atoms with Crippen LogP contribution < -0.4 is 9.47 Å². The lowest BCUT2D eigenvalue weighted by Crippen LogP contribution is -2.07. The summed E-state index contributed by atoms with van der Waals surface area (Å²) >= 11 is 0. The summed E-state index contributed by atoms with van der Waals surface area (Å²) in [5, 5.41) is 0. The standard InChI is InChI=1S/C11H14O3/c1-8(2)14-11-5-4-10(13-3)6-9(11)7-12/h4-8H,1-3H3. The van der Waals surface area contributed by atoms with Crippen molar-refractivity contribution in [2.75, 3.05) is 7.11 Å². The van der Waals surface area contributed by atoms with Gasteiger partial charge in [-0.05, 0) is 32.0 Å². The van der Waals surface area contributed by atoms with Gasteiger partial charge in [0.1, 0.15) is 11.5 Å². The fourth-order valence-electron chi connectivity index (χ4n) is 1.11. The molecule has 0 saturated heterocycles. The Morgan fingerprint density at radius 3 is 2.57 bits per heavy atom. The highest BCUT2D eigenvalue weighted by molar-refractivity contribution is 5.80. The minimum absolute atomic E-state index is 0.0575. The van der Waals surface area contributed by atoms with Crippen LogP contribution in [0.5, 0.6) is 11.5 Å². The van der Waals surface area contributed by atoms with Crippen molar-refractivity contribution in [3.05, 3.63) is 23.8 Å². The van der Waals surface area contributed by atoms with Gasteiger partial charge in [-0.1, -0.05) is 0 Å². The zero-order valence-electron chi connectivity index (χ0n) is 8.61. The maximum Gasteiger partial charge on any atom is 0.153 e. The first-order valence-corrected chi connectivity index (χ1v) is 4.47. The van der Waals surface area contributed by atoms with E-state index in [2.05, 4.69) is 0 Å². The molecule has 76 valence electrons. The number of hydrogen-bond donors (Lipinski definition) is 0. The molecule has 0 heterocycles. The number of aldehydes is 1. The normalized spacial score (nSPS) is 10.0. The number of carbonyl (C=O) groups is 1. The Labute approximate surface area is 83.6 Å². The maximum atomic E-state index is 10.7. The SMILES string of the molecule is COc1ccc(OC(C)C)c(C=O)c1. The number of methoxy groups -OCH3 is 1. The van der Waals surface area contributed by atoms with Gasteiger partial charge in [0.25, 0.3) is 0 Å². The predicted octanol–water partition coefficient (Wildman–Crippen LogP) is 2.29. The molecule has 3 heteroatoms.